The summed E-state index contributed by atoms with van der Waals surface area (Å²) >= 11 is 0. The molecule has 4 aromatic rings. The number of rotatable bonds is 6. The predicted molar refractivity (Wildman–Crippen MR) is 119 cm³/mol. The minimum absolute atomic E-state index is 0.424. The van der Waals surface area contributed by atoms with Crippen LogP contribution >= 0.6 is 0 Å². The van der Waals surface area contributed by atoms with Crippen LogP contribution in [0.3, 0.4) is 0 Å². The van der Waals surface area contributed by atoms with Gasteiger partial charge in [0.1, 0.15) is 23.3 Å². The molecule has 4 rings (SSSR count). The number of halogens is 2. The van der Waals surface area contributed by atoms with Gasteiger partial charge in [-0.2, -0.15) is 5.26 Å². The molecule has 0 fully saturated rings. The Kier molecular flexibility index (Phi) is 5.77. The van der Waals surface area contributed by atoms with E-state index in [1.807, 2.05) is 18.2 Å². The van der Waals surface area contributed by atoms with E-state index in [1.165, 1.54) is 54.2 Å². The van der Waals surface area contributed by atoms with E-state index in [0.717, 1.165) is 22.8 Å². The van der Waals surface area contributed by atoms with E-state index in [0.29, 0.717) is 5.56 Å². The molecule has 0 atom stereocenters. The Morgan fingerprint density at radius 1 is 0.733 bits per heavy atom. The maximum atomic E-state index is 14.0. The van der Waals surface area contributed by atoms with Gasteiger partial charge in [0, 0.05) is 0 Å². The van der Waals surface area contributed by atoms with Crippen LogP contribution in [0.25, 0.3) is 32.7 Å². The molecule has 1 nitrogen and oxygen atoms in total. The van der Waals surface area contributed by atoms with Gasteiger partial charge in [-0.25, -0.2) is 8.78 Å². The second-order valence-corrected chi connectivity index (χ2v) is 7.79. The maximum absolute atomic E-state index is 14.0. The molecule has 0 aromatic heterocycles. The fourth-order valence-electron chi connectivity index (χ4n) is 4.06. The Hall–Kier alpha value is -3.25. The van der Waals surface area contributed by atoms with Crippen LogP contribution in [0, 0.1) is 23.0 Å². The quantitative estimate of drug-likeness (QED) is 0.238. The van der Waals surface area contributed by atoms with Crippen molar-refractivity contribution in [1.82, 2.24) is 0 Å². The largest absolute Gasteiger partial charge is 0.205 e. The molecule has 0 amide bonds. The summed E-state index contributed by atoms with van der Waals surface area (Å²) < 4.78 is 28.1. The predicted octanol–water partition coefficient (Wildman–Crippen LogP) is 7.93. The molecule has 0 spiro atoms. The lowest BCUT2D eigenvalue weighted by molar-refractivity contribution is 0.577. The van der Waals surface area contributed by atoms with Crippen LogP contribution in [0.4, 0.5) is 8.78 Å². The third kappa shape index (κ3) is 3.91. The molecular weight excluding hydrogens is 376 g/mol. The monoisotopic (exact) mass is 399 g/mol. The van der Waals surface area contributed by atoms with E-state index >= 15 is 0 Å². The zero-order chi connectivity index (χ0) is 21.1. The van der Waals surface area contributed by atoms with Gasteiger partial charge in [-0.05, 0) is 69.3 Å². The van der Waals surface area contributed by atoms with Crippen molar-refractivity contribution in [3.05, 3.63) is 83.4 Å². The average Bonchev–Trinajstić information content (AvgIpc) is 2.76. The molecule has 0 aliphatic heterocycles. The van der Waals surface area contributed by atoms with Gasteiger partial charge in [0.25, 0.3) is 0 Å². The highest BCUT2D eigenvalue weighted by Gasteiger charge is 2.12. The number of hydrogen-bond donors (Lipinski definition) is 0. The highest BCUT2D eigenvalue weighted by Crippen LogP contribution is 2.31. The second kappa shape index (κ2) is 8.63. The fourth-order valence-corrected chi connectivity index (χ4v) is 4.06. The number of nitrogens with zero attached hydrogens (tertiary/aromatic N) is 1. The Balaban J connectivity index is 1.69. The van der Waals surface area contributed by atoms with E-state index in [-0.39, 0.29) is 0 Å². The van der Waals surface area contributed by atoms with Crippen molar-refractivity contribution >= 4 is 21.5 Å². The summed E-state index contributed by atoms with van der Waals surface area (Å²) in [6.07, 6.45) is 6.11. The number of aryl methyl sites for hydroxylation is 1. The van der Waals surface area contributed by atoms with Gasteiger partial charge in [0.2, 0.25) is 0 Å². The summed E-state index contributed by atoms with van der Waals surface area (Å²) in [5.74, 6) is -1.67. The van der Waals surface area contributed by atoms with Crippen molar-refractivity contribution in [3.63, 3.8) is 0 Å². The number of unbranched alkanes of at least 4 members (excludes halogenated alkanes) is 3. The number of nitriles is 1. The molecule has 0 radical (unpaired) electrons. The number of benzene rings is 4. The topological polar surface area (TPSA) is 23.8 Å². The van der Waals surface area contributed by atoms with Gasteiger partial charge >= 0.3 is 0 Å². The van der Waals surface area contributed by atoms with Gasteiger partial charge in [0.15, 0.2) is 0 Å². The summed E-state index contributed by atoms with van der Waals surface area (Å²) in [5, 5.41) is 13.4. The summed E-state index contributed by atoms with van der Waals surface area (Å²) in [7, 11) is 0. The highest BCUT2D eigenvalue weighted by atomic mass is 19.1. The standard InChI is InChI=1S/C27H23F2N/c1-2-3-4-5-6-18-7-11-23-20(13-18)8-9-21-14-19(10-12-24(21)23)22-15-26(28)25(17-30)27(29)16-22/h7-16H,2-6H2,1H3. The summed E-state index contributed by atoms with van der Waals surface area (Å²) in [5.41, 5.74) is 1.96. The molecule has 0 aliphatic rings. The van der Waals surface area contributed by atoms with Crippen molar-refractivity contribution in [2.45, 2.75) is 39.0 Å². The molecule has 0 aliphatic carbocycles. The van der Waals surface area contributed by atoms with Crippen LogP contribution in [0.2, 0.25) is 0 Å². The first-order chi connectivity index (χ1) is 14.6. The lowest BCUT2D eigenvalue weighted by Gasteiger charge is -2.10. The first kappa shape index (κ1) is 20.0. The smallest absolute Gasteiger partial charge is 0.144 e. The van der Waals surface area contributed by atoms with Crippen molar-refractivity contribution in [1.29, 1.82) is 5.26 Å². The third-order valence-electron chi connectivity index (χ3n) is 5.71. The Morgan fingerprint density at radius 3 is 2.07 bits per heavy atom. The molecule has 0 unspecified atom stereocenters. The molecular formula is C27H23F2N. The van der Waals surface area contributed by atoms with E-state index in [4.69, 9.17) is 5.26 Å². The maximum Gasteiger partial charge on any atom is 0.144 e. The third-order valence-corrected chi connectivity index (χ3v) is 5.71. The van der Waals surface area contributed by atoms with Crippen molar-refractivity contribution in [2.24, 2.45) is 0 Å². The molecule has 150 valence electrons. The lowest BCUT2D eigenvalue weighted by Crippen LogP contribution is -1.92. The van der Waals surface area contributed by atoms with E-state index in [1.54, 1.807) is 6.07 Å². The average molecular weight is 399 g/mol. The first-order valence-corrected chi connectivity index (χ1v) is 10.5. The van der Waals surface area contributed by atoms with Gasteiger partial charge in [0.05, 0.1) is 0 Å². The highest BCUT2D eigenvalue weighted by molar-refractivity contribution is 6.08. The zero-order valence-electron chi connectivity index (χ0n) is 17.0. The van der Waals surface area contributed by atoms with Crippen LogP contribution in [0.15, 0.2) is 60.7 Å². The summed E-state index contributed by atoms with van der Waals surface area (Å²) in [6, 6.07) is 20.6. The minimum Gasteiger partial charge on any atom is -0.205 e. The fraction of sp³-hybridized carbons (Fsp3) is 0.222. The molecule has 30 heavy (non-hydrogen) atoms. The molecule has 0 saturated carbocycles. The lowest BCUT2D eigenvalue weighted by atomic mass is 9.95. The zero-order valence-corrected chi connectivity index (χ0v) is 17.0. The summed E-state index contributed by atoms with van der Waals surface area (Å²) in [4.78, 5) is 0. The number of fused-ring (bicyclic) bond motifs is 3. The Labute approximate surface area is 175 Å². The van der Waals surface area contributed by atoms with Crippen LogP contribution in [-0.4, -0.2) is 0 Å². The van der Waals surface area contributed by atoms with Crippen molar-refractivity contribution < 1.29 is 8.78 Å². The summed E-state index contributed by atoms with van der Waals surface area (Å²) in [6.45, 7) is 2.22. The molecule has 0 heterocycles. The van der Waals surface area contributed by atoms with Gasteiger partial charge in [-0.1, -0.05) is 68.7 Å². The SMILES string of the molecule is CCCCCCc1ccc2c(ccc3cc(-c4cc(F)c(C#N)c(F)c4)ccc32)c1. The van der Waals surface area contributed by atoms with Crippen LogP contribution in [-0.2, 0) is 6.42 Å². The van der Waals surface area contributed by atoms with Crippen molar-refractivity contribution in [3.8, 4) is 17.2 Å². The Morgan fingerprint density at radius 2 is 1.40 bits per heavy atom. The van der Waals surface area contributed by atoms with Gasteiger partial charge < -0.3 is 0 Å². The van der Waals surface area contributed by atoms with Gasteiger partial charge in [-0.3, -0.25) is 0 Å². The Bertz CT molecular complexity index is 1240. The minimum atomic E-state index is -0.836. The number of hydrogen-bond acceptors (Lipinski definition) is 1. The molecule has 0 bridgehead atoms. The van der Waals surface area contributed by atoms with Gasteiger partial charge in [-0.15, -0.1) is 0 Å². The molecule has 0 saturated heterocycles. The van der Waals surface area contributed by atoms with Crippen LogP contribution in [0.1, 0.15) is 43.7 Å². The van der Waals surface area contributed by atoms with Crippen molar-refractivity contribution in [2.75, 3.05) is 0 Å². The first-order valence-electron chi connectivity index (χ1n) is 10.5. The van der Waals surface area contributed by atoms with E-state index in [2.05, 4.69) is 37.3 Å². The normalized spacial score (nSPS) is 11.1. The van der Waals surface area contributed by atoms with Crippen LogP contribution < -0.4 is 0 Å². The molecule has 3 heteroatoms. The molecule has 0 N–H and O–H groups in total. The molecule has 4 aromatic carbocycles. The van der Waals surface area contributed by atoms with E-state index < -0.39 is 17.2 Å². The van der Waals surface area contributed by atoms with E-state index in [9.17, 15) is 8.78 Å². The van der Waals surface area contributed by atoms with Crippen LogP contribution in [0.5, 0.6) is 0 Å². The second-order valence-electron chi connectivity index (χ2n) is 7.79.